The highest BCUT2D eigenvalue weighted by atomic mass is 19.1. The van der Waals surface area contributed by atoms with Crippen molar-refractivity contribution in [3.8, 4) is 0 Å². The Kier molecular flexibility index (Phi) is 4.12. The fraction of sp³-hybridized carbons (Fsp3) is 0.188. The molecule has 0 aliphatic rings. The fourth-order valence-electron chi connectivity index (χ4n) is 2.08. The standard InChI is InChI=1S/C16H18FN3O/c1-10-8-11(17)4-6-14(10)19-16(21)13-9-12(18)5-7-15(13)20(2)3/h4-9H,18H2,1-3H3,(H,19,21). The van der Waals surface area contributed by atoms with Crippen molar-refractivity contribution in [2.75, 3.05) is 30.0 Å². The minimum Gasteiger partial charge on any atom is -0.399 e. The van der Waals surface area contributed by atoms with Crippen molar-refractivity contribution in [1.82, 2.24) is 0 Å². The van der Waals surface area contributed by atoms with Crippen LogP contribution in [0.2, 0.25) is 0 Å². The largest absolute Gasteiger partial charge is 0.399 e. The molecule has 0 fully saturated rings. The predicted molar refractivity (Wildman–Crippen MR) is 84.3 cm³/mol. The molecule has 2 aromatic rings. The number of carbonyl (C=O) groups is 1. The number of nitrogens with two attached hydrogens (primary N) is 1. The first-order valence-corrected chi connectivity index (χ1v) is 6.53. The minimum atomic E-state index is -0.330. The average Bonchev–Trinajstić information content (AvgIpc) is 2.41. The summed E-state index contributed by atoms with van der Waals surface area (Å²) in [5.74, 6) is -0.607. The van der Waals surface area contributed by atoms with Gasteiger partial charge in [-0.05, 0) is 48.9 Å². The lowest BCUT2D eigenvalue weighted by Crippen LogP contribution is -2.19. The Bertz CT molecular complexity index is 683. The van der Waals surface area contributed by atoms with E-state index in [0.717, 1.165) is 5.69 Å². The molecule has 0 spiro atoms. The van der Waals surface area contributed by atoms with E-state index in [-0.39, 0.29) is 11.7 Å². The van der Waals surface area contributed by atoms with Crippen LogP contribution < -0.4 is 16.0 Å². The van der Waals surface area contributed by atoms with Gasteiger partial charge in [0.15, 0.2) is 0 Å². The number of amides is 1. The summed E-state index contributed by atoms with van der Waals surface area (Å²) in [7, 11) is 3.71. The molecule has 0 saturated carbocycles. The van der Waals surface area contributed by atoms with Crippen LogP contribution in [0.5, 0.6) is 0 Å². The van der Waals surface area contributed by atoms with Gasteiger partial charge in [-0.1, -0.05) is 0 Å². The highest BCUT2D eigenvalue weighted by Crippen LogP contribution is 2.24. The van der Waals surface area contributed by atoms with Gasteiger partial charge in [-0.3, -0.25) is 4.79 Å². The van der Waals surface area contributed by atoms with Gasteiger partial charge in [-0.25, -0.2) is 4.39 Å². The Morgan fingerprint density at radius 1 is 1.19 bits per heavy atom. The molecule has 0 saturated heterocycles. The van der Waals surface area contributed by atoms with Crippen LogP contribution in [-0.4, -0.2) is 20.0 Å². The summed E-state index contributed by atoms with van der Waals surface area (Å²) in [6.45, 7) is 1.74. The van der Waals surface area contributed by atoms with Crippen molar-refractivity contribution in [2.24, 2.45) is 0 Å². The first kappa shape index (κ1) is 14.8. The summed E-state index contributed by atoms with van der Waals surface area (Å²) in [5, 5.41) is 2.79. The second-order valence-corrected chi connectivity index (χ2v) is 5.08. The molecule has 0 heterocycles. The zero-order valence-electron chi connectivity index (χ0n) is 12.3. The summed E-state index contributed by atoms with van der Waals surface area (Å²) in [5.41, 5.74) is 8.76. The van der Waals surface area contributed by atoms with Gasteiger partial charge >= 0.3 is 0 Å². The van der Waals surface area contributed by atoms with E-state index in [9.17, 15) is 9.18 Å². The van der Waals surface area contributed by atoms with Gasteiger partial charge < -0.3 is 16.0 Å². The number of rotatable bonds is 3. The molecule has 0 aliphatic heterocycles. The third-order valence-corrected chi connectivity index (χ3v) is 3.18. The van der Waals surface area contributed by atoms with Crippen LogP contribution in [-0.2, 0) is 0 Å². The molecule has 110 valence electrons. The van der Waals surface area contributed by atoms with Gasteiger partial charge in [0.25, 0.3) is 5.91 Å². The van der Waals surface area contributed by atoms with E-state index in [1.54, 1.807) is 31.2 Å². The molecule has 21 heavy (non-hydrogen) atoms. The van der Waals surface area contributed by atoms with E-state index < -0.39 is 0 Å². The molecule has 2 aromatic carbocycles. The molecule has 3 N–H and O–H groups in total. The molecule has 0 aliphatic carbocycles. The van der Waals surface area contributed by atoms with Crippen molar-refractivity contribution in [2.45, 2.75) is 6.92 Å². The van der Waals surface area contributed by atoms with Gasteiger partial charge in [0.05, 0.1) is 5.56 Å². The summed E-state index contributed by atoms with van der Waals surface area (Å²) in [6.07, 6.45) is 0. The zero-order valence-corrected chi connectivity index (χ0v) is 12.3. The molecular weight excluding hydrogens is 269 g/mol. The van der Waals surface area contributed by atoms with E-state index in [0.29, 0.717) is 22.5 Å². The molecule has 0 atom stereocenters. The number of anilines is 3. The Balaban J connectivity index is 2.34. The summed E-state index contributed by atoms with van der Waals surface area (Å²) < 4.78 is 13.1. The van der Waals surface area contributed by atoms with E-state index in [1.165, 1.54) is 12.1 Å². The lowest BCUT2D eigenvalue weighted by molar-refractivity contribution is 0.102. The Morgan fingerprint density at radius 2 is 1.90 bits per heavy atom. The number of carbonyl (C=O) groups excluding carboxylic acids is 1. The third-order valence-electron chi connectivity index (χ3n) is 3.18. The number of hydrogen-bond acceptors (Lipinski definition) is 3. The number of aryl methyl sites for hydroxylation is 1. The summed E-state index contributed by atoms with van der Waals surface area (Å²) in [6, 6.07) is 9.40. The number of nitrogens with zero attached hydrogens (tertiary/aromatic N) is 1. The van der Waals surface area contributed by atoms with Gasteiger partial charge in [0, 0.05) is 31.2 Å². The van der Waals surface area contributed by atoms with Crippen molar-refractivity contribution >= 4 is 23.0 Å². The maximum atomic E-state index is 13.1. The van der Waals surface area contributed by atoms with Crippen LogP contribution in [0.1, 0.15) is 15.9 Å². The molecule has 5 heteroatoms. The van der Waals surface area contributed by atoms with Crippen LogP contribution in [0.25, 0.3) is 0 Å². The van der Waals surface area contributed by atoms with Crippen LogP contribution in [0.15, 0.2) is 36.4 Å². The number of hydrogen-bond donors (Lipinski definition) is 2. The number of benzene rings is 2. The highest BCUT2D eigenvalue weighted by Gasteiger charge is 2.14. The van der Waals surface area contributed by atoms with Crippen molar-refractivity contribution in [1.29, 1.82) is 0 Å². The fourth-order valence-corrected chi connectivity index (χ4v) is 2.08. The monoisotopic (exact) mass is 287 g/mol. The smallest absolute Gasteiger partial charge is 0.257 e. The number of nitrogens with one attached hydrogen (secondary N) is 1. The number of halogens is 1. The number of nitrogen functional groups attached to an aromatic ring is 1. The molecule has 0 radical (unpaired) electrons. The maximum Gasteiger partial charge on any atom is 0.257 e. The highest BCUT2D eigenvalue weighted by molar-refractivity contribution is 6.09. The Hall–Kier alpha value is -2.56. The van der Waals surface area contributed by atoms with Crippen molar-refractivity contribution in [3.63, 3.8) is 0 Å². The zero-order chi connectivity index (χ0) is 15.6. The van der Waals surface area contributed by atoms with E-state index >= 15 is 0 Å². The second kappa shape index (κ2) is 5.83. The minimum absolute atomic E-state index is 0.277. The molecule has 0 aromatic heterocycles. The van der Waals surface area contributed by atoms with Crippen LogP contribution in [0, 0.1) is 12.7 Å². The topological polar surface area (TPSA) is 58.4 Å². The SMILES string of the molecule is Cc1cc(F)ccc1NC(=O)c1cc(N)ccc1N(C)C. The van der Waals surface area contributed by atoms with Crippen molar-refractivity contribution < 1.29 is 9.18 Å². The quantitative estimate of drug-likeness (QED) is 0.853. The first-order valence-electron chi connectivity index (χ1n) is 6.53. The third kappa shape index (κ3) is 3.31. The molecule has 0 bridgehead atoms. The van der Waals surface area contributed by atoms with E-state index in [4.69, 9.17) is 5.73 Å². The maximum absolute atomic E-state index is 13.1. The lowest BCUT2D eigenvalue weighted by Gasteiger charge is -2.18. The second-order valence-electron chi connectivity index (χ2n) is 5.08. The van der Waals surface area contributed by atoms with Gasteiger partial charge in [-0.15, -0.1) is 0 Å². The van der Waals surface area contributed by atoms with Crippen molar-refractivity contribution in [3.05, 3.63) is 53.3 Å². The van der Waals surface area contributed by atoms with Gasteiger partial charge in [-0.2, -0.15) is 0 Å². The first-order chi connectivity index (χ1) is 9.88. The summed E-state index contributed by atoms with van der Waals surface area (Å²) >= 11 is 0. The molecule has 1 amide bonds. The average molecular weight is 287 g/mol. The van der Waals surface area contributed by atoms with Gasteiger partial charge in [0.1, 0.15) is 5.82 Å². The van der Waals surface area contributed by atoms with Crippen LogP contribution in [0.4, 0.5) is 21.5 Å². The Morgan fingerprint density at radius 3 is 2.52 bits per heavy atom. The van der Waals surface area contributed by atoms with E-state index in [1.807, 2.05) is 19.0 Å². The predicted octanol–water partition coefficient (Wildman–Crippen LogP) is 3.03. The van der Waals surface area contributed by atoms with Crippen LogP contribution >= 0.6 is 0 Å². The molecule has 4 nitrogen and oxygen atoms in total. The lowest BCUT2D eigenvalue weighted by atomic mass is 10.1. The molecule has 0 unspecified atom stereocenters. The molecule has 2 rings (SSSR count). The molecular formula is C16H18FN3O. The van der Waals surface area contributed by atoms with Gasteiger partial charge in [0.2, 0.25) is 0 Å². The summed E-state index contributed by atoms with van der Waals surface area (Å²) in [4.78, 5) is 14.3. The van der Waals surface area contributed by atoms with Crippen LogP contribution in [0.3, 0.4) is 0 Å². The Labute approximate surface area is 123 Å². The normalized spacial score (nSPS) is 10.3. The van der Waals surface area contributed by atoms with E-state index in [2.05, 4.69) is 5.32 Å².